The Bertz CT molecular complexity index is 599. The molecule has 0 saturated carbocycles. The zero-order valence-corrected chi connectivity index (χ0v) is 11.1. The number of para-hydroxylation sites is 1. The Hall–Kier alpha value is -2.14. The Labute approximate surface area is 115 Å². The van der Waals surface area contributed by atoms with Crippen molar-refractivity contribution in [3.05, 3.63) is 48.0 Å². The van der Waals surface area contributed by atoms with Gasteiger partial charge in [0.15, 0.2) is 5.75 Å². The summed E-state index contributed by atoms with van der Waals surface area (Å²) in [5, 5.41) is 9.00. The summed E-state index contributed by atoms with van der Waals surface area (Å²) in [5.41, 5.74) is 6.35. The molecule has 0 radical (unpaired) electrons. The fourth-order valence-corrected chi connectivity index (χ4v) is 2.20. The molecule has 0 aliphatic carbocycles. The lowest BCUT2D eigenvalue weighted by molar-refractivity contribution is 0.0696. The van der Waals surface area contributed by atoms with Gasteiger partial charge in [0.2, 0.25) is 0 Å². The van der Waals surface area contributed by atoms with E-state index in [4.69, 9.17) is 15.6 Å². The van der Waals surface area contributed by atoms with Gasteiger partial charge in [-0.2, -0.15) is 0 Å². The Kier molecular flexibility index (Phi) is 3.97. The van der Waals surface area contributed by atoms with E-state index in [-0.39, 0.29) is 5.56 Å². The highest BCUT2D eigenvalue weighted by Gasteiger charge is 2.14. The molecule has 0 unspecified atom stereocenters. The number of aromatic carboxylic acids is 1. The van der Waals surface area contributed by atoms with E-state index >= 15 is 0 Å². The Morgan fingerprint density at radius 1 is 1.26 bits per heavy atom. The molecule has 0 fully saturated rings. The number of anilines is 1. The molecule has 2 aromatic rings. The average Bonchev–Trinajstić information content (AvgIpc) is 2.41. The van der Waals surface area contributed by atoms with Crippen molar-refractivity contribution >= 4 is 23.4 Å². The van der Waals surface area contributed by atoms with Gasteiger partial charge >= 0.3 is 5.97 Å². The SMILES string of the molecule is CSc1cc(C(=O)O)cc(N)c1Oc1ccccc1. The molecule has 3 N–H and O–H groups in total. The first kappa shape index (κ1) is 13.3. The number of rotatable bonds is 4. The first-order valence-electron chi connectivity index (χ1n) is 5.55. The van der Waals surface area contributed by atoms with Gasteiger partial charge in [-0.3, -0.25) is 0 Å². The molecule has 0 amide bonds. The van der Waals surface area contributed by atoms with Crippen LogP contribution in [0, 0.1) is 0 Å². The van der Waals surface area contributed by atoms with Crippen molar-refractivity contribution in [3.8, 4) is 11.5 Å². The molecule has 0 saturated heterocycles. The summed E-state index contributed by atoms with van der Waals surface area (Å²) in [6.07, 6.45) is 1.85. The van der Waals surface area contributed by atoms with Crippen LogP contribution < -0.4 is 10.5 Å². The van der Waals surface area contributed by atoms with Gasteiger partial charge in [-0.25, -0.2) is 4.79 Å². The molecule has 98 valence electrons. The molecule has 0 aliphatic rings. The van der Waals surface area contributed by atoms with Crippen LogP contribution in [0.25, 0.3) is 0 Å². The fraction of sp³-hybridized carbons (Fsp3) is 0.0714. The van der Waals surface area contributed by atoms with Crippen LogP contribution in [0.4, 0.5) is 5.69 Å². The summed E-state index contributed by atoms with van der Waals surface area (Å²) in [6.45, 7) is 0. The minimum atomic E-state index is -1.01. The van der Waals surface area contributed by atoms with Crippen molar-refractivity contribution in [2.45, 2.75) is 4.90 Å². The number of nitrogens with two attached hydrogens (primary N) is 1. The standard InChI is InChI=1S/C14H13NO3S/c1-19-12-8-9(14(16)17)7-11(15)13(12)18-10-5-3-2-4-6-10/h2-8H,15H2,1H3,(H,16,17). The van der Waals surface area contributed by atoms with E-state index in [9.17, 15) is 4.79 Å². The zero-order valence-electron chi connectivity index (χ0n) is 10.3. The summed E-state index contributed by atoms with van der Waals surface area (Å²) in [5.74, 6) is 0.143. The van der Waals surface area contributed by atoms with Crippen LogP contribution in [0.2, 0.25) is 0 Å². The van der Waals surface area contributed by atoms with Gasteiger partial charge in [-0.1, -0.05) is 18.2 Å². The predicted molar refractivity (Wildman–Crippen MR) is 76.1 cm³/mol. The third-order valence-corrected chi connectivity index (χ3v) is 3.26. The van der Waals surface area contributed by atoms with E-state index < -0.39 is 5.97 Å². The van der Waals surface area contributed by atoms with Crippen molar-refractivity contribution in [2.75, 3.05) is 12.0 Å². The van der Waals surface area contributed by atoms with Crippen molar-refractivity contribution in [1.29, 1.82) is 0 Å². The third-order valence-electron chi connectivity index (χ3n) is 2.51. The minimum absolute atomic E-state index is 0.155. The molecule has 2 rings (SSSR count). The molecule has 4 nitrogen and oxygen atoms in total. The van der Waals surface area contributed by atoms with E-state index in [1.54, 1.807) is 6.07 Å². The van der Waals surface area contributed by atoms with Gasteiger partial charge in [0, 0.05) is 0 Å². The molecule has 0 heterocycles. The van der Waals surface area contributed by atoms with Gasteiger partial charge < -0.3 is 15.6 Å². The van der Waals surface area contributed by atoms with Crippen LogP contribution in [-0.2, 0) is 0 Å². The monoisotopic (exact) mass is 275 g/mol. The van der Waals surface area contributed by atoms with Crippen molar-refractivity contribution < 1.29 is 14.6 Å². The largest absolute Gasteiger partial charge is 0.478 e. The van der Waals surface area contributed by atoms with Gasteiger partial charge in [0.05, 0.1) is 16.1 Å². The Morgan fingerprint density at radius 2 is 1.95 bits per heavy atom. The van der Waals surface area contributed by atoms with Crippen LogP contribution in [0.15, 0.2) is 47.4 Å². The van der Waals surface area contributed by atoms with Gasteiger partial charge in [-0.05, 0) is 30.5 Å². The second-order valence-corrected chi connectivity index (χ2v) is 4.67. The molecule has 0 aromatic heterocycles. The number of hydrogen-bond donors (Lipinski definition) is 2. The molecule has 0 bridgehead atoms. The van der Waals surface area contributed by atoms with Crippen molar-refractivity contribution in [1.82, 2.24) is 0 Å². The van der Waals surface area contributed by atoms with E-state index in [0.29, 0.717) is 22.1 Å². The smallest absolute Gasteiger partial charge is 0.335 e. The second-order valence-electron chi connectivity index (χ2n) is 3.82. The first-order valence-corrected chi connectivity index (χ1v) is 6.78. The minimum Gasteiger partial charge on any atom is -0.478 e. The van der Waals surface area contributed by atoms with Gasteiger partial charge in [0.1, 0.15) is 5.75 Å². The summed E-state index contributed by atoms with van der Waals surface area (Å²) >= 11 is 1.39. The lowest BCUT2D eigenvalue weighted by Crippen LogP contribution is -2.01. The molecule has 2 aromatic carbocycles. The topological polar surface area (TPSA) is 72.5 Å². The lowest BCUT2D eigenvalue weighted by Gasteiger charge is -2.13. The summed E-state index contributed by atoms with van der Waals surface area (Å²) in [7, 11) is 0. The molecule has 0 spiro atoms. The molecule has 19 heavy (non-hydrogen) atoms. The predicted octanol–water partition coefficient (Wildman–Crippen LogP) is 3.48. The highest BCUT2D eigenvalue weighted by molar-refractivity contribution is 7.98. The van der Waals surface area contributed by atoms with Crippen LogP contribution in [0.5, 0.6) is 11.5 Å². The Morgan fingerprint density at radius 3 is 2.53 bits per heavy atom. The third kappa shape index (κ3) is 3.00. The summed E-state index contributed by atoms with van der Waals surface area (Å²) in [6, 6.07) is 12.2. The van der Waals surface area contributed by atoms with Crippen molar-refractivity contribution in [3.63, 3.8) is 0 Å². The first-order chi connectivity index (χ1) is 9.11. The quantitative estimate of drug-likeness (QED) is 0.660. The van der Waals surface area contributed by atoms with E-state index in [1.807, 2.05) is 36.6 Å². The number of carboxylic acid groups (broad SMARTS) is 1. The molecule has 5 heteroatoms. The number of carbonyl (C=O) groups is 1. The van der Waals surface area contributed by atoms with E-state index in [0.717, 1.165) is 0 Å². The summed E-state index contributed by atoms with van der Waals surface area (Å²) in [4.78, 5) is 11.7. The van der Waals surface area contributed by atoms with Crippen LogP contribution in [-0.4, -0.2) is 17.3 Å². The Balaban J connectivity index is 2.42. The van der Waals surface area contributed by atoms with Crippen LogP contribution >= 0.6 is 11.8 Å². The van der Waals surface area contributed by atoms with E-state index in [2.05, 4.69) is 0 Å². The number of carboxylic acids is 1. The lowest BCUT2D eigenvalue weighted by atomic mass is 10.2. The average molecular weight is 275 g/mol. The number of thioether (sulfide) groups is 1. The van der Waals surface area contributed by atoms with Gasteiger partial charge in [0.25, 0.3) is 0 Å². The number of ether oxygens (including phenoxy) is 1. The van der Waals surface area contributed by atoms with Crippen molar-refractivity contribution in [2.24, 2.45) is 0 Å². The molecule has 0 atom stereocenters. The molecular weight excluding hydrogens is 262 g/mol. The maximum atomic E-state index is 11.0. The van der Waals surface area contributed by atoms with E-state index in [1.165, 1.54) is 17.8 Å². The second kappa shape index (κ2) is 5.67. The maximum Gasteiger partial charge on any atom is 0.335 e. The highest BCUT2D eigenvalue weighted by Crippen LogP contribution is 2.37. The number of hydrogen-bond acceptors (Lipinski definition) is 4. The fourth-order valence-electron chi connectivity index (χ4n) is 1.61. The summed E-state index contributed by atoms with van der Waals surface area (Å²) < 4.78 is 5.73. The number of nitrogen functional groups attached to an aromatic ring is 1. The van der Waals surface area contributed by atoms with Crippen LogP contribution in [0.1, 0.15) is 10.4 Å². The molecular formula is C14H13NO3S. The highest BCUT2D eigenvalue weighted by atomic mass is 32.2. The molecule has 0 aliphatic heterocycles. The maximum absolute atomic E-state index is 11.0. The number of benzene rings is 2. The van der Waals surface area contributed by atoms with Gasteiger partial charge in [-0.15, -0.1) is 11.8 Å². The van der Waals surface area contributed by atoms with Crippen LogP contribution in [0.3, 0.4) is 0 Å². The normalized spacial score (nSPS) is 10.2. The zero-order chi connectivity index (χ0) is 13.8.